The molecule has 0 aromatic carbocycles. The Morgan fingerprint density at radius 1 is 1.47 bits per heavy atom. The molecule has 0 aliphatic heterocycles. The van der Waals surface area contributed by atoms with Crippen LogP contribution >= 0.6 is 0 Å². The van der Waals surface area contributed by atoms with Gasteiger partial charge < -0.3 is 9.84 Å². The molecular weight excluding hydrogens is 194 g/mol. The smallest absolute Gasteiger partial charge is 0.310 e. The van der Waals surface area contributed by atoms with Crippen LogP contribution in [-0.4, -0.2) is 22.2 Å². The van der Waals surface area contributed by atoms with E-state index in [-0.39, 0.29) is 6.10 Å². The Labute approximate surface area is 88.9 Å². The number of nitrogens with zero attached hydrogens (tertiary/aromatic N) is 1. The number of hydrogen-bond acceptors (Lipinski definition) is 3. The van der Waals surface area contributed by atoms with Crippen molar-refractivity contribution in [2.45, 2.75) is 32.8 Å². The van der Waals surface area contributed by atoms with Crippen molar-refractivity contribution in [3.8, 4) is 5.88 Å². The molecule has 0 radical (unpaired) electrons. The largest absolute Gasteiger partial charge is 0.481 e. The Morgan fingerprint density at radius 2 is 2.13 bits per heavy atom. The summed E-state index contributed by atoms with van der Waals surface area (Å²) in [5.41, 5.74) is 0.702. The van der Waals surface area contributed by atoms with Crippen LogP contribution in [-0.2, 0) is 4.79 Å². The van der Waals surface area contributed by atoms with Crippen LogP contribution in [0, 0.1) is 0 Å². The molecule has 1 atom stereocenters. The molecule has 1 N–H and O–H groups in total. The van der Waals surface area contributed by atoms with Crippen molar-refractivity contribution in [3.63, 3.8) is 0 Å². The molecule has 0 spiro atoms. The van der Waals surface area contributed by atoms with Gasteiger partial charge in [-0.1, -0.05) is 0 Å². The van der Waals surface area contributed by atoms with Crippen molar-refractivity contribution in [3.05, 3.63) is 23.9 Å². The third-order valence-electron chi connectivity index (χ3n) is 1.99. The first-order valence-electron chi connectivity index (χ1n) is 4.86. The van der Waals surface area contributed by atoms with Crippen LogP contribution in [0.4, 0.5) is 0 Å². The molecule has 82 valence electrons. The summed E-state index contributed by atoms with van der Waals surface area (Å²) < 4.78 is 5.38. The summed E-state index contributed by atoms with van der Waals surface area (Å²) in [4.78, 5) is 14.8. The average Bonchev–Trinajstić information content (AvgIpc) is 2.16. The fraction of sp³-hybridized carbons (Fsp3) is 0.455. The van der Waals surface area contributed by atoms with Gasteiger partial charge in [0.1, 0.15) is 0 Å². The van der Waals surface area contributed by atoms with E-state index >= 15 is 0 Å². The van der Waals surface area contributed by atoms with E-state index in [1.165, 1.54) is 0 Å². The zero-order valence-electron chi connectivity index (χ0n) is 9.10. The molecule has 0 bridgehead atoms. The van der Waals surface area contributed by atoms with Crippen LogP contribution in [0.2, 0.25) is 0 Å². The fourth-order valence-corrected chi connectivity index (χ4v) is 1.14. The number of ether oxygens (including phenoxy) is 1. The number of carboxylic acids is 1. The second-order valence-corrected chi connectivity index (χ2v) is 3.65. The quantitative estimate of drug-likeness (QED) is 0.824. The van der Waals surface area contributed by atoms with Gasteiger partial charge >= 0.3 is 5.97 Å². The topological polar surface area (TPSA) is 59.4 Å². The van der Waals surface area contributed by atoms with Crippen molar-refractivity contribution in [2.24, 2.45) is 0 Å². The van der Waals surface area contributed by atoms with Crippen molar-refractivity contribution in [1.29, 1.82) is 0 Å². The molecule has 1 aromatic heterocycles. The number of hydrogen-bond donors (Lipinski definition) is 1. The molecule has 4 heteroatoms. The normalized spacial score (nSPS) is 12.5. The molecule has 0 amide bonds. The third-order valence-corrected chi connectivity index (χ3v) is 1.99. The van der Waals surface area contributed by atoms with Crippen LogP contribution in [0.25, 0.3) is 0 Å². The first-order chi connectivity index (χ1) is 7.00. The minimum atomic E-state index is -0.850. The molecule has 0 aliphatic carbocycles. The first-order valence-corrected chi connectivity index (χ1v) is 4.86. The second kappa shape index (κ2) is 4.77. The van der Waals surface area contributed by atoms with E-state index < -0.39 is 11.9 Å². The lowest BCUT2D eigenvalue weighted by atomic mass is 10.0. The summed E-state index contributed by atoms with van der Waals surface area (Å²) in [6.07, 6.45) is 1.60. The highest BCUT2D eigenvalue weighted by Crippen LogP contribution is 2.19. The van der Waals surface area contributed by atoms with E-state index in [0.717, 1.165) is 0 Å². The highest BCUT2D eigenvalue weighted by atomic mass is 16.5. The van der Waals surface area contributed by atoms with Crippen molar-refractivity contribution in [1.82, 2.24) is 4.98 Å². The van der Waals surface area contributed by atoms with E-state index in [1.807, 2.05) is 13.8 Å². The maximum Gasteiger partial charge on any atom is 0.310 e. The van der Waals surface area contributed by atoms with E-state index in [9.17, 15) is 4.79 Å². The number of rotatable bonds is 4. The van der Waals surface area contributed by atoms with Gasteiger partial charge in [0.25, 0.3) is 0 Å². The number of carbonyl (C=O) groups is 1. The summed E-state index contributed by atoms with van der Waals surface area (Å²) in [5, 5.41) is 8.85. The van der Waals surface area contributed by atoms with Gasteiger partial charge in [0.2, 0.25) is 5.88 Å². The molecule has 0 fully saturated rings. The first kappa shape index (κ1) is 11.5. The van der Waals surface area contributed by atoms with Gasteiger partial charge in [0, 0.05) is 12.3 Å². The van der Waals surface area contributed by atoms with Gasteiger partial charge in [-0.05, 0) is 32.4 Å². The van der Waals surface area contributed by atoms with Gasteiger partial charge in [0.15, 0.2) is 0 Å². The van der Waals surface area contributed by atoms with Gasteiger partial charge in [-0.25, -0.2) is 4.98 Å². The Hall–Kier alpha value is -1.58. The summed E-state index contributed by atoms with van der Waals surface area (Å²) in [6.45, 7) is 5.43. The minimum Gasteiger partial charge on any atom is -0.481 e. The summed E-state index contributed by atoms with van der Waals surface area (Å²) in [5.74, 6) is -0.921. The zero-order chi connectivity index (χ0) is 11.4. The molecule has 1 rings (SSSR count). The number of aliphatic carboxylic acids is 1. The van der Waals surface area contributed by atoms with E-state index in [1.54, 1.807) is 25.3 Å². The lowest BCUT2D eigenvalue weighted by Crippen LogP contribution is -2.10. The second-order valence-electron chi connectivity index (χ2n) is 3.65. The summed E-state index contributed by atoms with van der Waals surface area (Å²) in [6, 6.07) is 3.35. The predicted molar refractivity (Wildman–Crippen MR) is 56.1 cm³/mol. The molecule has 4 nitrogen and oxygen atoms in total. The van der Waals surface area contributed by atoms with E-state index in [2.05, 4.69) is 4.98 Å². The monoisotopic (exact) mass is 209 g/mol. The van der Waals surface area contributed by atoms with Crippen LogP contribution in [0.1, 0.15) is 32.3 Å². The lowest BCUT2D eigenvalue weighted by Gasteiger charge is -2.11. The summed E-state index contributed by atoms with van der Waals surface area (Å²) in [7, 11) is 0. The Bertz CT molecular complexity index is 349. The molecule has 1 aromatic rings. The highest BCUT2D eigenvalue weighted by molar-refractivity contribution is 5.75. The fourth-order valence-electron chi connectivity index (χ4n) is 1.14. The van der Waals surface area contributed by atoms with Crippen molar-refractivity contribution in [2.75, 3.05) is 0 Å². The third kappa shape index (κ3) is 3.23. The molecule has 1 unspecified atom stereocenters. The molecule has 1 heterocycles. The number of pyridine rings is 1. The van der Waals surface area contributed by atoms with E-state index in [4.69, 9.17) is 9.84 Å². The van der Waals surface area contributed by atoms with E-state index in [0.29, 0.717) is 11.4 Å². The Balaban J connectivity index is 2.87. The highest BCUT2D eigenvalue weighted by Gasteiger charge is 2.14. The molecule has 0 aliphatic rings. The number of carboxylic acid groups (broad SMARTS) is 1. The minimum absolute atomic E-state index is 0.0351. The van der Waals surface area contributed by atoms with Crippen LogP contribution in [0.3, 0.4) is 0 Å². The molecule has 15 heavy (non-hydrogen) atoms. The number of aromatic nitrogens is 1. The molecule has 0 saturated carbocycles. The lowest BCUT2D eigenvalue weighted by molar-refractivity contribution is -0.138. The standard InChI is InChI=1S/C11H15NO3/c1-7(2)15-10-6-9(4-5-12-10)8(3)11(13)14/h4-8H,1-3H3,(H,13,14). The van der Waals surface area contributed by atoms with Crippen molar-refractivity contribution >= 4 is 5.97 Å². The van der Waals surface area contributed by atoms with Gasteiger partial charge in [-0.2, -0.15) is 0 Å². The average molecular weight is 209 g/mol. The molecular formula is C11H15NO3. The Kier molecular flexibility index (Phi) is 3.66. The molecule has 0 saturated heterocycles. The van der Waals surface area contributed by atoms with Crippen molar-refractivity contribution < 1.29 is 14.6 Å². The van der Waals surface area contributed by atoms with Gasteiger partial charge in [0.05, 0.1) is 12.0 Å². The predicted octanol–water partition coefficient (Wildman–Crippen LogP) is 2.06. The van der Waals surface area contributed by atoms with Crippen LogP contribution in [0.5, 0.6) is 5.88 Å². The summed E-state index contributed by atoms with van der Waals surface area (Å²) >= 11 is 0. The SMILES string of the molecule is CC(C)Oc1cc(C(C)C(=O)O)ccn1. The van der Waals surface area contributed by atoms with Crippen LogP contribution in [0.15, 0.2) is 18.3 Å². The van der Waals surface area contributed by atoms with Gasteiger partial charge in [-0.15, -0.1) is 0 Å². The maximum atomic E-state index is 10.8. The zero-order valence-corrected chi connectivity index (χ0v) is 9.10. The maximum absolute atomic E-state index is 10.8. The van der Waals surface area contributed by atoms with Gasteiger partial charge in [-0.3, -0.25) is 4.79 Å². The Morgan fingerprint density at radius 3 is 2.67 bits per heavy atom. The van der Waals surface area contributed by atoms with Crippen LogP contribution < -0.4 is 4.74 Å².